The zero-order chi connectivity index (χ0) is 22.3. The molecule has 2 aromatic heterocycles. The molecule has 1 aromatic carbocycles. The molecule has 2 aliphatic rings. The maximum atomic E-state index is 6.28. The van der Waals surface area contributed by atoms with Gasteiger partial charge in [0.25, 0.3) is 6.02 Å². The summed E-state index contributed by atoms with van der Waals surface area (Å²) in [6.07, 6.45) is 6.16. The Kier molecular flexibility index (Phi) is 4.77. The van der Waals surface area contributed by atoms with Crippen molar-refractivity contribution in [2.75, 3.05) is 13.2 Å². The molecule has 2 N–H and O–H groups in total. The van der Waals surface area contributed by atoms with Gasteiger partial charge in [0, 0.05) is 29.7 Å². The van der Waals surface area contributed by atoms with Crippen LogP contribution in [-0.4, -0.2) is 29.2 Å². The molecule has 164 valence electrons. The van der Waals surface area contributed by atoms with E-state index in [9.17, 15) is 0 Å². The summed E-state index contributed by atoms with van der Waals surface area (Å²) in [6.45, 7) is 7.33. The van der Waals surface area contributed by atoms with Gasteiger partial charge in [0.1, 0.15) is 18.1 Å². The van der Waals surface area contributed by atoms with E-state index in [1.807, 2.05) is 36.5 Å². The molecule has 7 nitrogen and oxygen atoms in total. The van der Waals surface area contributed by atoms with Crippen molar-refractivity contribution in [3.8, 4) is 28.5 Å². The molecular formula is C25H26N4O3. The molecule has 32 heavy (non-hydrogen) atoms. The molecule has 5 rings (SSSR count). The Morgan fingerprint density at radius 1 is 1.09 bits per heavy atom. The molecule has 0 radical (unpaired) electrons. The molecule has 0 saturated carbocycles. The highest BCUT2D eigenvalue weighted by atomic mass is 16.5. The van der Waals surface area contributed by atoms with E-state index in [0.29, 0.717) is 24.0 Å². The molecule has 2 aliphatic heterocycles. The van der Waals surface area contributed by atoms with Crippen LogP contribution in [-0.2, 0) is 10.3 Å². The highest BCUT2D eigenvalue weighted by Crippen LogP contribution is 2.54. The molecule has 4 heterocycles. The zero-order valence-corrected chi connectivity index (χ0v) is 18.5. The molecule has 0 aliphatic carbocycles. The smallest absolute Gasteiger partial charge is 0.283 e. The summed E-state index contributed by atoms with van der Waals surface area (Å²) in [5.41, 5.74) is 8.89. The van der Waals surface area contributed by atoms with Crippen LogP contribution in [0, 0.1) is 5.41 Å². The number of hydrogen-bond donors (Lipinski definition) is 1. The number of ether oxygens (including phenoxy) is 3. The normalized spacial score (nSPS) is 18.9. The van der Waals surface area contributed by atoms with E-state index in [1.165, 1.54) is 0 Å². The molecule has 0 saturated heterocycles. The average Bonchev–Trinajstić information content (AvgIpc) is 3.15. The Morgan fingerprint density at radius 3 is 2.69 bits per heavy atom. The van der Waals surface area contributed by atoms with Gasteiger partial charge in [-0.25, -0.2) is 9.98 Å². The predicted octanol–water partition coefficient (Wildman–Crippen LogP) is 4.65. The Morgan fingerprint density at radius 2 is 1.97 bits per heavy atom. The van der Waals surface area contributed by atoms with Crippen LogP contribution in [0.15, 0.2) is 60.0 Å². The number of aliphatic imine (C=N–C) groups is 1. The third-order valence-electron chi connectivity index (χ3n) is 5.75. The van der Waals surface area contributed by atoms with E-state index in [2.05, 4.69) is 36.8 Å². The molecule has 0 unspecified atom stereocenters. The lowest BCUT2D eigenvalue weighted by Gasteiger charge is -2.34. The zero-order valence-electron chi connectivity index (χ0n) is 18.5. The molecular weight excluding hydrogens is 404 g/mol. The minimum Gasteiger partial charge on any atom is -0.477 e. The van der Waals surface area contributed by atoms with Crippen molar-refractivity contribution >= 4 is 6.02 Å². The van der Waals surface area contributed by atoms with Gasteiger partial charge < -0.3 is 19.9 Å². The fourth-order valence-electron chi connectivity index (χ4n) is 4.06. The first-order chi connectivity index (χ1) is 15.4. The Bertz CT molecular complexity index is 1190. The molecule has 1 spiro atoms. The van der Waals surface area contributed by atoms with Crippen molar-refractivity contribution in [1.82, 2.24) is 9.97 Å². The number of nitrogens with zero attached hydrogens (tertiary/aromatic N) is 3. The largest absolute Gasteiger partial charge is 0.477 e. The van der Waals surface area contributed by atoms with Gasteiger partial charge in [-0.15, -0.1) is 0 Å². The van der Waals surface area contributed by atoms with Crippen molar-refractivity contribution in [1.29, 1.82) is 0 Å². The summed E-state index contributed by atoms with van der Waals surface area (Å²) in [5, 5.41) is 0. The van der Waals surface area contributed by atoms with Crippen LogP contribution in [0.3, 0.4) is 0 Å². The molecule has 0 amide bonds. The van der Waals surface area contributed by atoms with Gasteiger partial charge >= 0.3 is 0 Å². The number of fused-ring (bicyclic) bond motifs is 4. The van der Waals surface area contributed by atoms with Gasteiger partial charge in [0.15, 0.2) is 5.54 Å². The van der Waals surface area contributed by atoms with Crippen LogP contribution < -0.4 is 15.2 Å². The monoisotopic (exact) mass is 430 g/mol. The van der Waals surface area contributed by atoms with Crippen molar-refractivity contribution < 1.29 is 14.2 Å². The van der Waals surface area contributed by atoms with Crippen molar-refractivity contribution in [2.24, 2.45) is 16.1 Å². The standard InChI is InChI=1S/C25H26N4O3/c1-24(2,3)9-12-30-22-21-20(8-11-28-22)32-19-7-6-16(17-5-4-10-27-14-17)13-18(19)25(21)15-31-23(26)29-25/h4-8,10-11,13-14H,9,12,15H2,1-3H3,(H2,26,29)/t25-/m1/s1. The van der Waals surface area contributed by atoms with Gasteiger partial charge in [-0.1, -0.05) is 32.9 Å². The third kappa shape index (κ3) is 3.53. The van der Waals surface area contributed by atoms with E-state index in [1.54, 1.807) is 12.4 Å². The average molecular weight is 431 g/mol. The first-order valence-electron chi connectivity index (χ1n) is 10.7. The van der Waals surface area contributed by atoms with E-state index in [-0.39, 0.29) is 18.0 Å². The number of pyridine rings is 2. The van der Waals surface area contributed by atoms with Crippen LogP contribution in [0.2, 0.25) is 0 Å². The summed E-state index contributed by atoms with van der Waals surface area (Å²) in [6, 6.07) is 11.9. The van der Waals surface area contributed by atoms with Gasteiger partial charge in [-0.3, -0.25) is 4.98 Å². The van der Waals surface area contributed by atoms with Crippen molar-refractivity contribution in [3.63, 3.8) is 0 Å². The Hall–Kier alpha value is -3.61. The van der Waals surface area contributed by atoms with Gasteiger partial charge in [-0.05, 0) is 41.7 Å². The second-order valence-electron chi connectivity index (χ2n) is 9.30. The molecule has 3 aromatic rings. The number of aromatic nitrogens is 2. The number of amidine groups is 1. The molecule has 0 fully saturated rings. The number of hydrogen-bond acceptors (Lipinski definition) is 7. The predicted molar refractivity (Wildman–Crippen MR) is 122 cm³/mol. The van der Waals surface area contributed by atoms with Gasteiger partial charge in [0.05, 0.1) is 12.2 Å². The van der Waals surface area contributed by atoms with E-state index >= 15 is 0 Å². The van der Waals surface area contributed by atoms with E-state index < -0.39 is 5.54 Å². The van der Waals surface area contributed by atoms with Gasteiger partial charge in [-0.2, -0.15) is 0 Å². The van der Waals surface area contributed by atoms with Crippen molar-refractivity contribution in [3.05, 3.63) is 66.1 Å². The minimum atomic E-state index is -0.892. The maximum absolute atomic E-state index is 6.28. The highest BCUT2D eigenvalue weighted by Gasteiger charge is 2.49. The quantitative estimate of drug-likeness (QED) is 0.648. The van der Waals surface area contributed by atoms with Crippen LogP contribution in [0.5, 0.6) is 17.4 Å². The summed E-state index contributed by atoms with van der Waals surface area (Å²) in [7, 11) is 0. The Balaban J connectivity index is 1.63. The first kappa shape index (κ1) is 20.3. The maximum Gasteiger partial charge on any atom is 0.283 e. The van der Waals surface area contributed by atoms with Crippen molar-refractivity contribution in [2.45, 2.75) is 32.7 Å². The Labute approximate surface area is 187 Å². The van der Waals surface area contributed by atoms with Crippen LogP contribution in [0.25, 0.3) is 11.1 Å². The number of benzene rings is 1. The summed E-state index contributed by atoms with van der Waals surface area (Å²) >= 11 is 0. The number of rotatable bonds is 4. The SMILES string of the molecule is CC(C)(C)CCOc1nccc2c1[C@@]1(COC(N)=N1)c1cc(-c3cccnc3)ccc1O2. The lowest BCUT2D eigenvalue weighted by atomic mass is 9.81. The summed E-state index contributed by atoms with van der Waals surface area (Å²) in [5.74, 6) is 1.85. The van der Waals surface area contributed by atoms with Crippen LogP contribution in [0.4, 0.5) is 0 Å². The van der Waals surface area contributed by atoms with E-state index in [0.717, 1.165) is 28.7 Å². The summed E-state index contributed by atoms with van der Waals surface area (Å²) < 4.78 is 18.1. The lowest BCUT2D eigenvalue weighted by Crippen LogP contribution is -2.32. The number of nitrogens with two attached hydrogens (primary N) is 1. The second-order valence-corrected chi connectivity index (χ2v) is 9.30. The molecule has 7 heteroatoms. The van der Waals surface area contributed by atoms with E-state index in [4.69, 9.17) is 24.9 Å². The minimum absolute atomic E-state index is 0.139. The first-order valence-corrected chi connectivity index (χ1v) is 10.7. The van der Waals surface area contributed by atoms with Gasteiger partial charge in [0.2, 0.25) is 5.88 Å². The second kappa shape index (κ2) is 7.51. The van der Waals surface area contributed by atoms with Crippen LogP contribution in [0.1, 0.15) is 38.3 Å². The lowest BCUT2D eigenvalue weighted by molar-refractivity contribution is 0.220. The topological polar surface area (TPSA) is 91.9 Å². The van der Waals surface area contributed by atoms with Crippen LogP contribution >= 0.6 is 0 Å². The molecule has 1 atom stereocenters. The third-order valence-corrected chi connectivity index (χ3v) is 5.75. The fourth-order valence-corrected chi connectivity index (χ4v) is 4.06. The summed E-state index contributed by atoms with van der Waals surface area (Å²) in [4.78, 5) is 13.5. The fraction of sp³-hybridized carbons (Fsp3) is 0.320. The molecule has 0 bridgehead atoms. The highest BCUT2D eigenvalue weighted by molar-refractivity contribution is 5.78.